The van der Waals surface area contributed by atoms with Crippen LogP contribution in [0.15, 0.2) is 36.4 Å². The fourth-order valence-corrected chi connectivity index (χ4v) is 3.42. The van der Waals surface area contributed by atoms with Crippen LogP contribution in [0.1, 0.15) is 31.9 Å². The Balaban J connectivity index is 1.82. The molecule has 0 aromatic heterocycles. The molecule has 0 radical (unpaired) electrons. The van der Waals surface area contributed by atoms with Crippen LogP contribution in [0.4, 0.5) is 5.69 Å². The molecule has 3 rings (SSSR count). The quantitative estimate of drug-likeness (QED) is 0.524. The number of rotatable bonds is 2. The van der Waals surface area contributed by atoms with Gasteiger partial charge < -0.3 is 14.9 Å². The van der Waals surface area contributed by atoms with E-state index in [9.17, 15) is 0 Å². The summed E-state index contributed by atoms with van der Waals surface area (Å²) in [5.74, 6) is 3.03. The van der Waals surface area contributed by atoms with Crippen molar-refractivity contribution >= 4 is 29.1 Å². The zero-order valence-electron chi connectivity index (χ0n) is 15.3. The van der Waals surface area contributed by atoms with E-state index in [0.29, 0.717) is 18.2 Å². The molecule has 0 atom stereocenters. The molecule has 0 unspecified atom stereocenters. The highest BCUT2D eigenvalue weighted by Crippen LogP contribution is 2.32. The smallest absolute Gasteiger partial charge is 0.167 e. The normalized spacial score (nSPS) is 14.9. The third kappa shape index (κ3) is 5.47. The lowest BCUT2D eigenvalue weighted by Gasteiger charge is -2.19. The van der Waals surface area contributed by atoms with Crippen molar-refractivity contribution in [1.82, 2.24) is 0 Å². The zero-order valence-corrected chi connectivity index (χ0v) is 16.9. The number of hydrogen-bond acceptors (Lipinski definition) is 5. The number of hydrogen-bond donors (Lipinski definition) is 1. The monoisotopic (exact) mass is 393 g/mol. The van der Waals surface area contributed by atoms with E-state index in [1.807, 2.05) is 45.0 Å². The minimum absolute atomic E-state index is 0.379. The third-order valence-corrected chi connectivity index (χ3v) is 4.80. The van der Waals surface area contributed by atoms with Gasteiger partial charge in [0.05, 0.1) is 5.69 Å². The maximum atomic E-state index is 6.17. The van der Waals surface area contributed by atoms with Gasteiger partial charge in [0.25, 0.3) is 0 Å². The molecule has 1 N–H and O–H groups in total. The van der Waals surface area contributed by atoms with Gasteiger partial charge in [0, 0.05) is 23.4 Å². The fraction of sp³-hybridized carbons (Fsp3) is 0.400. The second kappa shape index (κ2) is 8.42. The van der Waals surface area contributed by atoms with Gasteiger partial charge in [-0.05, 0) is 62.6 Å². The first kappa shape index (κ1) is 19.2. The SMILES string of the molecule is CC(C)(C)OOc1ccc2c(c1)NCc1ccc(Cl)cc1CCSCO2. The number of aryl methyl sites for hydroxylation is 1. The van der Waals surface area contributed by atoms with Crippen LogP contribution in [0.3, 0.4) is 0 Å². The Morgan fingerprint density at radius 1 is 1.12 bits per heavy atom. The molecule has 0 saturated heterocycles. The van der Waals surface area contributed by atoms with E-state index in [-0.39, 0.29) is 5.60 Å². The van der Waals surface area contributed by atoms with E-state index >= 15 is 0 Å². The van der Waals surface area contributed by atoms with Crippen molar-refractivity contribution in [2.24, 2.45) is 0 Å². The molecule has 1 aliphatic rings. The van der Waals surface area contributed by atoms with Crippen molar-refractivity contribution in [2.75, 3.05) is 17.0 Å². The summed E-state index contributed by atoms with van der Waals surface area (Å²) in [6, 6.07) is 11.7. The van der Waals surface area contributed by atoms with Gasteiger partial charge in [0.2, 0.25) is 0 Å². The molecule has 140 valence electrons. The third-order valence-electron chi connectivity index (χ3n) is 3.79. The second-order valence-corrected chi connectivity index (χ2v) is 8.61. The van der Waals surface area contributed by atoms with Crippen LogP contribution in [0.25, 0.3) is 0 Å². The summed E-state index contributed by atoms with van der Waals surface area (Å²) in [6.07, 6.45) is 0.968. The predicted molar refractivity (Wildman–Crippen MR) is 108 cm³/mol. The fourth-order valence-electron chi connectivity index (χ4n) is 2.53. The molecule has 0 bridgehead atoms. The number of nitrogens with one attached hydrogen (secondary N) is 1. The van der Waals surface area contributed by atoms with Crippen LogP contribution in [-0.2, 0) is 17.9 Å². The first-order valence-corrected chi connectivity index (χ1v) is 10.2. The van der Waals surface area contributed by atoms with Crippen molar-refractivity contribution in [3.8, 4) is 11.5 Å². The molecule has 1 heterocycles. The number of halogens is 1. The molecular formula is C20H24ClNO3S. The molecule has 2 aromatic rings. The molecule has 6 heteroatoms. The van der Waals surface area contributed by atoms with Gasteiger partial charge in [-0.1, -0.05) is 17.7 Å². The summed E-state index contributed by atoms with van der Waals surface area (Å²) in [5.41, 5.74) is 3.00. The Morgan fingerprint density at radius 3 is 2.77 bits per heavy atom. The average molecular weight is 394 g/mol. The van der Waals surface area contributed by atoms with E-state index in [1.54, 1.807) is 11.8 Å². The Hall–Kier alpha value is -1.56. The lowest BCUT2D eigenvalue weighted by Crippen LogP contribution is -2.21. The minimum atomic E-state index is -0.379. The van der Waals surface area contributed by atoms with Crippen molar-refractivity contribution in [2.45, 2.75) is 39.3 Å². The van der Waals surface area contributed by atoms with Crippen molar-refractivity contribution in [3.63, 3.8) is 0 Å². The average Bonchev–Trinajstić information content (AvgIpc) is 2.62. The highest BCUT2D eigenvalue weighted by molar-refractivity contribution is 7.99. The Kier molecular flexibility index (Phi) is 6.22. The van der Waals surface area contributed by atoms with Gasteiger partial charge in [0.1, 0.15) is 17.3 Å². The second-order valence-electron chi connectivity index (χ2n) is 7.12. The lowest BCUT2D eigenvalue weighted by molar-refractivity contribution is -0.274. The number of fused-ring (bicyclic) bond motifs is 2. The molecule has 0 fully saturated rings. The summed E-state index contributed by atoms with van der Waals surface area (Å²) in [7, 11) is 0. The summed E-state index contributed by atoms with van der Waals surface area (Å²) in [4.78, 5) is 10.9. The van der Waals surface area contributed by atoms with Crippen LogP contribution in [0.2, 0.25) is 5.02 Å². The first-order valence-electron chi connectivity index (χ1n) is 8.62. The van der Waals surface area contributed by atoms with Crippen LogP contribution >= 0.6 is 23.4 Å². The highest BCUT2D eigenvalue weighted by Gasteiger charge is 2.15. The number of ether oxygens (including phenoxy) is 1. The predicted octanol–water partition coefficient (Wildman–Crippen LogP) is 5.69. The molecule has 0 saturated carbocycles. The van der Waals surface area contributed by atoms with Crippen LogP contribution < -0.4 is 14.9 Å². The van der Waals surface area contributed by atoms with Crippen molar-refractivity contribution in [3.05, 3.63) is 52.5 Å². The summed E-state index contributed by atoms with van der Waals surface area (Å²) < 4.78 is 5.92. The van der Waals surface area contributed by atoms with Crippen LogP contribution in [0, 0.1) is 0 Å². The maximum absolute atomic E-state index is 6.17. The molecule has 0 amide bonds. The lowest BCUT2D eigenvalue weighted by atomic mass is 10.1. The molecular weight excluding hydrogens is 370 g/mol. The maximum Gasteiger partial charge on any atom is 0.167 e. The summed E-state index contributed by atoms with van der Waals surface area (Å²) in [5, 5.41) is 4.23. The largest absolute Gasteiger partial charge is 0.481 e. The van der Waals surface area contributed by atoms with E-state index in [1.165, 1.54) is 11.1 Å². The van der Waals surface area contributed by atoms with Gasteiger partial charge >= 0.3 is 0 Å². The first-order chi connectivity index (χ1) is 12.4. The Bertz CT molecular complexity index is 761. The van der Waals surface area contributed by atoms with Crippen molar-refractivity contribution < 1.29 is 14.5 Å². The van der Waals surface area contributed by atoms with Gasteiger partial charge in [-0.3, -0.25) is 0 Å². The summed E-state index contributed by atoms with van der Waals surface area (Å²) >= 11 is 7.93. The van der Waals surface area contributed by atoms with Crippen molar-refractivity contribution in [1.29, 1.82) is 0 Å². The molecule has 2 aromatic carbocycles. The summed E-state index contributed by atoms with van der Waals surface area (Å²) in [6.45, 7) is 6.52. The Morgan fingerprint density at radius 2 is 1.96 bits per heavy atom. The van der Waals surface area contributed by atoms with Gasteiger partial charge in [0.15, 0.2) is 5.75 Å². The minimum Gasteiger partial charge on any atom is -0.481 e. The topological polar surface area (TPSA) is 39.7 Å². The molecule has 4 nitrogen and oxygen atoms in total. The number of anilines is 1. The number of thioether (sulfide) groups is 1. The van der Waals surface area contributed by atoms with Crippen LogP contribution in [0.5, 0.6) is 11.5 Å². The van der Waals surface area contributed by atoms with E-state index in [4.69, 9.17) is 26.1 Å². The molecule has 26 heavy (non-hydrogen) atoms. The molecule has 1 aliphatic heterocycles. The van der Waals surface area contributed by atoms with Gasteiger partial charge in [-0.25, -0.2) is 0 Å². The van der Waals surface area contributed by atoms with Gasteiger partial charge in [-0.15, -0.1) is 11.8 Å². The standard InChI is InChI=1S/C20H24ClNO3S/c1-20(2,3)25-24-17-6-7-19-18(11-17)22-12-15-4-5-16(21)10-14(15)8-9-26-13-23-19/h4-7,10-11,22H,8-9,12-13H2,1-3H3. The van der Waals surface area contributed by atoms with Crippen LogP contribution in [-0.4, -0.2) is 17.3 Å². The van der Waals surface area contributed by atoms with E-state index in [2.05, 4.69) is 17.4 Å². The molecule has 0 aliphatic carbocycles. The van der Waals surface area contributed by atoms with Gasteiger partial charge in [-0.2, -0.15) is 4.89 Å². The molecule has 0 spiro atoms. The Labute approximate surface area is 164 Å². The van der Waals surface area contributed by atoms with E-state index in [0.717, 1.165) is 28.6 Å². The zero-order chi connectivity index (χ0) is 18.6. The number of benzene rings is 2. The van der Waals surface area contributed by atoms with E-state index < -0.39 is 0 Å². The highest BCUT2D eigenvalue weighted by atomic mass is 35.5.